The van der Waals surface area contributed by atoms with E-state index in [4.69, 9.17) is 0 Å². The highest BCUT2D eigenvalue weighted by Gasteiger charge is 2.43. The fourth-order valence-corrected chi connectivity index (χ4v) is 5.00. The first kappa shape index (κ1) is 18.1. The molecule has 0 saturated carbocycles. The summed E-state index contributed by atoms with van der Waals surface area (Å²) in [5.41, 5.74) is 0.692. The molecule has 1 N–H and O–H groups in total. The van der Waals surface area contributed by atoms with Crippen molar-refractivity contribution in [3.05, 3.63) is 42.0 Å². The Morgan fingerprint density at radius 1 is 1.11 bits per heavy atom. The summed E-state index contributed by atoms with van der Waals surface area (Å²) in [5, 5.41) is 11.1. The van der Waals surface area contributed by atoms with Gasteiger partial charge < -0.3 is 9.88 Å². The van der Waals surface area contributed by atoms with Gasteiger partial charge in [0.05, 0.1) is 0 Å². The Labute approximate surface area is 158 Å². The monoisotopic (exact) mass is 390 g/mol. The number of fused-ring (bicyclic) bond motifs is 2. The standard InChI is InChI=1S/C17H22N6O3S/c1-21(2)27(25,26)22-9-12-8-15-19-20-16(23(15)11-13(12)10-22)17(24)18-14-6-4-3-5-7-14/h3-7,12-13H,8-11H2,1-2H3,(H,18,24)/t12-,13+/m0/s1. The molecule has 3 heterocycles. The first-order chi connectivity index (χ1) is 12.9. The van der Waals surface area contributed by atoms with E-state index < -0.39 is 10.2 Å². The molecule has 2 aliphatic heterocycles. The molecule has 27 heavy (non-hydrogen) atoms. The van der Waals surface area contributed by atoms with E-state index in [1.54, 1.807) is 0 Å². The van der Waals surface area contributed by atoms with Crippen molar-refractivity contribution < 1.29 is 13.2 Å². The fourth-order valence-electron chi connectivity index (χ4n) is 3.78. The highest BCUT2D eigenvalue weighted by Crippen LogP contribution is 2.34. The number of hydrogen-bond acceptors (Lipinski definition) is 5. The summed E-state index contributed by atoms with van der Waals surface area (Å²) < 4.78 is 29.4. The summed E-state index contributed by atoms with van der Waals surface area (Å²) in [5.74, 6) is 1.03. The SMILES string of the molecule is CN(C)S(=O)(=O)N1C[C@@H]2Cn3c(nnc3C(=O)Nc3ccccc3)C[C@H]2C1. The maximum absolute atomic E-state index is 12.6. The van der Waals surface area contributed by atoms with Crippen molar-refractivity contribution in [2.24, 2.45) is 11.8 Å². The number of anilines is 1. The third-order valence-electron chi connectivity index (χ3n) is 5.25. The Bertz CT molecular complexity index is 956. The van der Waals surface area contributed by atoms with Gasteiger partial charge in [0.2, 0.25) is 5.82 Å². The molecule has 1 fully saturated rings. The molecule has 2 aliphatic rings. The first-order valence-electron chi connectivity index (χ1n) is 8.82. The molecule has 4 rings (SSSR count). The topological polar surface area (TPSA) is 100 Å². The molecule has 10 heteroatoms. The van der Waals surface area contributed by atoms with Gasteiger partial charge >= 0.3 is 0 Å². The van der Waals surface area contributed by atoms with Crippen LogP contribution in [0.5, 0.6) is 0 Å². The van der Waals surface area contributed by atoms with E-state index in [0.717, 1.165) is 5.82 Å². The minimum atomic E-state index is -3.43. The number of rotatable bonds is 4. The van der Waals surface area contributed by atoms with Crippen molar-refractivity contribution in [1.29, 1.82) is 0 Å². The maximum Gasteiger partial charge on any atom is 0.293 e. The van der Waals surface area contributed by atoms with Crippen molar-refractivity contribution in [1.82, 2.24) is 23.4 Å². The van der Waals surface area contributed by atoms with Crippen molar-refractivity contribution in [2.45, 2.75) is 13.0 Å². The molecule has 1 aromatic carbocycles. The Kier molecular flexibility index (Phi) is 4.49. The van der Waals surface area contributed by atoms with Crippen LogP contribution in [0.2, 0.25) is 0 Å². The predicted octanol–water partition coefficient (Wildman–Crippen LogP) is 0.441. The summed E-state index contributed by atoms with van der Waals surface area (Å²) in [6, 6.07) is 9.18. The van der Waals surface area contributed by atoms with Crippen LogP contribution in [0.15, 0.2) is 30.3 Å². The van der Waals surface area contributed by atoms with Crippen LogP contribution < -0.4 is 5.32 Å². The third-order valence-corrected chi connectivity index (χ3v) is 7.13. The summed E-state index contributed by atoms with van der Waals surface area (Å²) in [4.78, 5) is 12.6. The smallest absolute Gasteiger partial charge is 0.293 e. The van der Waals surface area contributed by atoms with E-state index >= 15 is 0 Å². The predicted molar refractivity (Wildman–Crippen MR) is 99.3 cm³/mol. The Morgan fingerprint density at radius 3 is 2.52 bits per heavy atom. The van der Waals surface area contributed by atoms with Crippen molar-refractivity contribution in [2.75, 3.05) is 32.5 Å². The number of carbonyl (C=O) groups is 1. The highest BCUT2D eigenvalue weighted by molar-refractivity contribution is 7.86. The lowest BCUT2D eigenvalue weighted by Crippen LogP contribution is -2.38. The van der Waals surface area contributed by atoms with Gasteiger partial charge in [-0.1, -0.05) is 18.2 Å². The van der Waals surface area contributed by atoms with Crippen LogP contribution in [0.25, 0.3) is 0 Å². The van der Waals surface area contributed by atoms with Crippen LogP contribution in [0.4, 0.5) is 5.69 Å². The molecule has 0 unspecified atom stereocenters. The van der Waals surface area contributed by atoms with Crippen molar-refractivity contribution >= 4 is 21.8 Å². The number of benzene rings is 1. The maximum atomic E-state index is 12.6. The molecule has 2 aromatic rings. The molecule has 144 valence electrons. The lowest BCUT2D eigenvalue weighted by atomic mass is 9.89. The van der Waals surface area contributed by atoms with Gasteiger partial charge in [-0.3, -0.25) is 4.79 Å². The normalized spacial score (nSPS) is 22.5. The zero-order chi connectivity index (χ0) is 19.2. The highest BCUT2D eigenvalue weighted by atomic mass is 32.2. The van der Waals surface area contributed by atoms with Gasteiger partial charge in [0.25, 0.3) is 16.1 Å². The van der Waals surface area contributed by atoms with E-state index in [9.17, 15) is 13.2 Å². The molecule has 0 spiro atoms. The average Bonchev–Trinajstić information content (AvgIpc) is 3.24. The van der Waals surface area contributed by atoms with Crippen LogP contribution in [0, 0.1) is 11.8 Å². The van der Waals surface area contributed by atoms with Gasteiger partial charge in [0.15, 0.2) is 0 Å². The van der Waals surface area contributed by atoms with Crippen molar-refractivity contribution in [3.8, 4) is 0 Å². The summed E-state index contributed by atoms with van der Waals surface area (Å²) in [6.07, 6.45) is 0.621. The molecule has 1 aromatic heterocycles. The van der Waals surface area contributed by atoms with E-state index in [-0.39, 0.29) is 23.6 Å². The number of aromatic nitrogens is 3. The van der Waals surface area contributed by atoms with Crippen LogP contribution in [0.1, 0.15) is 16.4 Å². The number of hydrogen-bond donors (Lipinski definition) is 1. The number of nitrogens with one attached hydrogen (secondary N) is 1. The minimum Gasteiger partial charge on any atom is -0.319 e. The second-order valence-electron chi connectivity index (χ2n) is 7.20. The molecule has 1 saturated heterocycles. The molecule has 2 atom stereocenters. The minimum absolute atomic E-state index is 0.145. The first-order valence-corrected chi connectivity index (χ1v) is 10.2. The molecule has 9 nitrogen and oxygen atoms in total. The number of amides is 1. The Balaban J connectivity index is 1.52. The number of nitrogens with zero attached hydrogens (tertiary/aromatic N) is 5. The average molecular weight is 390 g/mol. The van der Waals surface area contributed by atoms with E-state index in [2.05, 4.69) is 15.5 Å². The number of para-hydroxylation sites is 1. The second kappa shape index (κ2) is 6.70. The quantitative estimate of drug-likeness (QED) is 0.817. The van der Waals surface area contributed by atoms with Gasteiger partial charge in [-0.25, -0.2) is 0 Å². The molecule has 0 bridgehead atoms. The summed E-state index contributed by atoms with van der Waals surface area (Å²) in [6.45, 7) is 1.47. The Morgan fingerprint density at radius 2 is 1.81 bits per heavy atom. The van der Waals surface area contributed by atoms with Crippen LogP contribution in [-0.2, 0) is 23.2 Å². The van der Waals surface area contributed by atoms with Gasteiger partial charge in [0.1, 0.15) is 5.82 Å². The number of carbonyl (C=O) groups excluding carboxylic acids is 1. The van der Waals surface area contributed by atoms with Gasteiger partial charge in [-0.05, 0) is 24.0 Å². The zero-order valence-electron chi connectivity index (χ0n) is 15.2. The summed E-state index contributed by atoms with van der Waals surface area (Å²) >= 11 is 0. The fraction of sp³-hybridized carbons (Fsp3) is 0.471. The second-order valence-corrected chi connectivity index (χ2v) is 9.34. The van der Waals surface area contributed by atoms with E-state index in [1.165, 1.54) is 22.7 Å². The molecule has 0 aliphatic carbocycles. The van der Waals surface area contributed by atoms with Crippen LogP contribution in [0.3, 0.4) is 0 Å². The molecule has 1 amide bonds. The van der Waals surface area contributed by atoms with Gasteiger partial charge in [-0.2, -0.15) is 17.0 Å². The van der Waals surface area contributed by atoms with Crippen LogP contribution >= 0.6 is 0 Å². The lowest BCUT2D eigenvalue weighted by molar-refractivity contribution is 0.100. The summed E-state index contributed by atoms with van der Waals surface area (Å²) in [7, 11) is -0.350. The lowest BCUT2D eigenvalue weighted by Gasteiger charge is -2.25. The molecule has 0 radical (unpaired) electrons. The third kappa shape index (κ3) is 3.24. The van der Waals surface area contributed by atoms with Gasteiger partial charge in [-0.15, -0.1) is 10.2 Å². The Hall–Kier alpha value is -2.30. The molecular weight excluding hydrogens is 368 g/mol. The van der Waals surface area contributed by atoms with E-state index in [0.29, 0.717) is 31.7 Å². The zero-order valence-corrected chi connectivity index (χ0v) is 16.1. The van der Waals surface area contributed by atoms with Crippen molar-refractivity contribution in [3.63, 3.8) is 0 Å². The molecular formula is C17H22N6O3S. The van der Waals surface area contributed by atoms with Crippen LogP contribution in [-0.4, -0.2) is 64.9 Å². The van der Waals surface area contributed by atoms with Gasteiger partial charge in [0, 0.05) is 45.8 Å². The van der Waals surface area contributed by atoms with E-state index in [1.807, 2.05) is 34.9 Å². The largest absolute Gasteiger partial charge is 0.319 e.